The van der Waals surface area contributed by atoms with E-state index in [1.807, 2.05) is 24.3 Å². The minimum absolute atomic E-state index is 0. The number of rotatable bonds is 0. The van der Waals surface area contributed by atoms with Crippen LogP contribution in [0.1, 0.15) is 18.1 Å². The smallest absolute Gasteiger partial charge is 0 e. The Labute approximate surface area is 172 Å². The number of hydrogen-bond donors (Lipinski definition) is 0. The van der Waals surface area contributed by atoms with E-state index < -0.39 is 0 Å². The molecule has 0 fully saturated rings. The second kappa shape index (κ2) is 8.31. The van der Waals surface area contributed by atoms with Gasteiger partial charge in [-0.1, -0.05) is 18.4 Å². The first-order valence-electron chi connectivity index (χ1n) is 4.90. The van der Waals surface area contributed by atoms with Gasteiger partial charge in [0.05, 0.1) is 0 Å². The van der Waals surface area contributed by atoms with Crippen molar-refractivity contribution in [2.75, 3.05) is 0 Å². The molecule has 3 radical (unpaired) electrons. The van der Waals surface area contributed by atoms with E-state index >= 15 is 0 Å². The summed E-state index contributed by atoms with van der Waals surface area (Å²) in [7, 11) is 0. The Hall–Kier alpha value is 0.980. The Morgan fingerprint density at radius 3 is 1.83 bits per heavy atom. The molecule has 0 unspecified atom stereocenters. The molecule has 0 saturated carbocycles. The third-order valence-corrected chi connectivity index (χ3v) is 2.65. The van der Waals surface area contributed by atoms with Gasteiger partial charge in [-0.05, 0) is 0 Å². The molecule has 0 aliphatic carbocycles. The zero-order valence-corrected chi connectivity index (χ0v) is 18.3. The van der Waals surface area contributed by atoms with E-state index in [1.54, 1.807) is 0 Å². The quantitative estimate of drug-likeness (QED) is 0.452. The maximum atomic E-state index is 5.72. The second-order valence-corrected chi connectivity index (χ2v) is 3.55. The normalized spacial score (nSPS) is 10.6. The first kappa shape index (κ1) is 19.0. The number of ether oxygens (including phenoxy) is 1. The summed E-state index contributed by atoms with van der Waals surface area (Å²) in [4.78, 5) is 0. The average Bonchev–Trinajstić information content (AvgIpc) is 2.30. The molecule has 0 bridgehead atoms. The van der Waals surface area contributed by atoms with Gasteiger partial charge in [0, 0.05) is 85.8 Å². The van der Waals surface area contributed by atoms with E-state index in [0.29, 0.717) is 0 Å². The maximum absolute atomic E-state index is 5.72. The fourth-order valence-electron chi connectivity index (χ4n) is 1.85. The molecule has 1 aliphatic heterocycles. The predicted molar refractivity (Wildman–Crippen MR) is 57.8 cm³/mol. The van der Waals surface area contributed by atoms with Gasteiger partial charge in [0.25, 0.3) is 0 Å². The van der Waals surface area contributed by atoms with Gasteiger partial charge in [0.15, 0.2) is 0 Å². The Balaban J connectivity index is 0.000000963. The average molecular weight is 557 g/mol. The van der Waals surface area contributed by atoms with Gasteiger partial charge < -0.3 is 4.74 Å². The van der Waals surface area contributed by atoms with Gasteiger partial charge in [-0.15, -0.1) is 0 Å². The van der Waals surface area contributed by atoms with E-state index in [0.717, 1.165) is 22.6 Å². The Morgan fingerprint density at radius 1 is 0.944 bits per heavy atom. The van der Waals surface area contributed by atoms with Crippen LogP contribution in [0.5, 0.6) is 11.5 Å². The molecule has 4 heteroatoms. The maximum Gasteiger partial charge on any atom is 0 e. The van der Waals surface area contributed by atoms with Gasteiger partial charge in [0.2, 0.25) is 0 Å². The van der Waals surface area contributed by atoms with Gasteiger partial charge >= 0.3 is 0 Å². The monoisotopic (exact) mass is 558 g/mol. The fraction of sp³-hybridized carbons (Fsp3) is 0.0714. The minimum Gasteiger partial charge on any atom is -0.577 e. The molecule has 2 aromatic rings. The van der Waals surface area contributed by atoms with E-state index in [4.69, 9.17) is 4.74 Å². The van der Waals surface area contributed by atoms with Crippen LogP contribution >= 0.6 is 0 Å². The number of fused-ring (bicyclic) bond motifs is 2. The van der Waals surface area contributed by atoms with Crippen LogP contribution in [0.4, 0.5) is 0 Å². The standard InChI is InChI=1S/C14H9O.Re.2Y/c1-10-11-6-2-4-8-13(11)15-14-9-5-3-7-12(10)14;;;/h2-7H,1H3;;;/q-3;;;. The van der Waals surface area contributed by atoms with Crippen molar-refractivity contribution in [2.24, 2.45) is 0 Å². The molecule has 1 heterocycles. The molecule has 0 spiro atoms. The molecule has 2 aromatic carbocycles. The van der Waals surface area contributed by atoms with Gasteiger partial charge in [-0.3, -0.25) is 0 Å². The third kappa shape index (κ3) is 3.54. The largest absolute Gasteiger partial charge is 0.577 e. The van der Waals surface area contributed by atoms with Crippen molar-refractivity contribution in [1.82, 2.24) is 0 Å². The molecule has 0 aromatic heterocycles. The summed E-state index contributed by atoms with van der Waals surface area (Å²) in [6, 6.07) is 18.0. The first-order chi connectivity index (χ1) is 7.36. The molecule has 1 aliphatic rings. The molecule has 87 valence electrons. The number of para-hydroxylation sites is 2. The van der Waals surface area contributed by atoms with Gasteiger partial charge in [0.1, 0.15) is 0 Å². The Morgan fingerprint density at radius 2 is 1.39 bits per heavy atom. The van der Waals surface area contributed by atoms with E-state index in [2.05, 4.69) is 31.2 Å². The Bertz CT molecular complexity index is 471. The van der Waals surface area contributed by atoms with Crippen LogP contribution in [0.25, 0.3) is 0 Å². The summed E-state index contributed by atoms with van der Waals surface area (Å²) in [6.45, 7) is 2.10. The van der Waals surface area contributed by atoms with Crippen LogP contribution in [-0.4, -0.2) is 0 Å². The van der Waals surface area contributed by atoms with E-state index in [1.165, 1.54) is 5.92 Å². The van der Waals surface area contributed by atoms with E-state index in [-0.39, 0.29) is 85.8 Å². The second-order valence-electron chi connectivity index (χ2n) is 3.55. The molecule has 0 N–H and O–H groups in total. The molecule has 18 heavy (non-hydrogen) atoms. The fourth-order valence-corrected chi connectivity index (χ4v) is 1.85. The van der Waals surface area contributed by atoms with Gasteiger partial charge in [-0.25, -0.2) is 41.3 Å². The molecular weight excluding hydrogens is 548 g/mol. The molecule has 0 atom stereocenters. The SMILES string of the molecule is C[C-]1c2ccc[c-]c2Oc2[c-]cccc21.[Re].[Y].[Y]. The molecule has 0 amide bonds. The zero-order valence-electron chi connectivity index (χ0n) is 9.91. The van der Waals surface area contributed by atoms with Crippen LogP contribution in [0, 0.1) is 18.1 Å². The third-order valence-electron chi connectivity index (χ3n) is 2.65. The number of benzene rings is 2. The van der Waals surface area contributed by atoms with Crippen molar-refractivity contribution >= 4 is 0 Å². The molecule has 0 saturated heterocycles. The van der Waals surface area contributed by atoms with Crippen molar-refractivity contribution in [1.29, 1.82) is 0 Å². The van der Waals surface area contributed by atoms with E-state index in [9.17, 15) is 0 Å². The van der Waals surface area contributed by atoms with Crippen LogP contribution < -0.4 is 4.74 Å². The molecule has 1 nitrogen and oxygen atoms in total. The van der Waals surface area contributed by atoms with Crippen LogP contribution in [0.15, 0.2) is 36.4 Å². The Kier molecular flexibility index (Phi) is 8.76. The van der Waals surface area contributed by atoms with Crippen molar-refractivity contribution < 1.29 is 90.6 Å². The summed E-state index contributed by atoms with van der Waals surface area (Å²) in [5.74, 6) is 2.81. The summed E-state index contributed by atoms with van der Waals surface area (Å²) >= 11 is 0. The van der Waals surface area contributed by atoms with Crippen molar-refractivity contribution in [3.63, 3.8) is 0 Å². The zero-order chi connectivity index (χ0) is 10.3. The van der Waals surface area contributed by atoms with Crippen molar-refractivity contribution in [3.8, 4) is 11.5 Å². The summed E-state index contributed by atoms with van der Waals surface area (Å²) in [5.41, 5.74) is 2.23. The predicted octanol–water partition coefficient (Wildman–Crippen LogP) is 3.38. The van der Waals surface area contributed by atoms with Crippen LogP contribution in [0.3, 0.4) is 0 Å². The molecular formula is C14H9OReY2-3. The van der Waals surface area contributed by atoms with Crippen molar-refractivity contribution in [3.05, 3.63) is 65.6 Å². The summed E-state index contributed by atoms with van der Waals surface area (Å²) < 4.78 is 5.72. The summed E-state index contributed by atoms with van der Waals surface area (Å²) in [6.07, 6.45) is 0. The van der Waals surface area contributed by atoms with Crippen molar-refractivity contribution in [2.45, 2.75) is 6.92 Å². The topological polar surface area (TPSA) is 9.23 Å². The van der Waals surface area contributed by atoms with Crippen LogP contribution in [-0.2, 0) is 85.8 Å². The summed E-state index contributed by atoms with van der Waals surface area (Å²) in [5, 5.41) is 0. The first-order valence-corrected chi connectivity index (χ1v) is 4.90. The van der Waals surface area contributed by atoms with Gasteiger partial charge in [-0.2, -0.15) is 24.3 Å². The van der Waals surface area contributed by atoms with Crippen LogP contribution in [0.2, 0.25) is 0 Å². The molecule has 3 rings (SSSR count). The number of hydrogen-bond acceptors (Lipinski definition) is 1. The minimum atomic E-state index is 0.